The van der Waals surface area contributed by atoms with Crippen molar-refractivity contribution in [2.45, 2.75) is 37.6 Å². The van der Waals surface area contributed by atoms with E-state index >= 15 is 0 Å². The lowest BCUT2D eigenvalue weighted by Gasteiger charge is -2.17. The van der Waals surface area contributed by atoms with E-state index in [0.717, 1.165) is 12.8 Å². The predicted octanol–water partition coefficient (Wildman–Crippen LogP) is 0.629. The molecule has 4 rings (SSSR count). The van der Waals surface area contributed by atoms with Gasteiger partial charge in [0.15, 0.2) is 23.2 Å². The molecule has 0 radical (unpaired) electrons. The fourth-order valence-electron chi connectivity index (χ4n) is 3.09. The van der Waals surface area contributed by atoms with Crippen LogP contribution in [-0.4, -0.2) is 48.1 Å². The smallest absolute Gasteiger partial charge is 0.368 e. The van der Waals surface area contributed by atoms with Crippen LogP contribution in [0.4, 0.5) is 11.8 Å². The van der Waals surface area contributed by atoms with Crippen LogP contribution in [-0.2, 0) is 13.8 Å². The van der Waals surface area contributed by atoms with Gasteiger partial charge in [0.05, 0.1) is 25.0 Å². The lowest BCUT2D eigenvalue weighted by atomic mass is 10.0. The Labute approximate surface area is 154 Å². The third kappa shape index (κ3) is 3.90. The van der Waals surface area contributed by atoms with Crippen LogP contribution < -0.4 is 11.1 Å². The molecule has 2 aromatic heterocycles. The number of nitrogens with two attached hydrogens (primary N) is 1. The molecule has 1 aliphatic heterocycles. The van der Waals surface area contributed by atoms with Gasteiger partial charge in [0.25, 0.3) is 0 Å². The molecule has 5 N–H and O–H groups in total. The van der Waals surface area contributed by atoms with Gasteiger partial charge in [-0.2, -0.15) is 9.97 Å². The maximum Gasteiger partial charge on any atom is 0.469 e. The minimum absolute atomic E-state index is 0.101. The number of rotatable bonds is 6. The zero-order valence-corrected chi connectivity index (χ0v) is 15.1. The number of phosphoric ester groups is 1. The molecular formula is C15H19N6O5P. The van der Waals surface area contributed by atoms with Gasteiger partial charge in [-0.25, -0.2) is 9.55 Å². The molecule has 2 aromatic rings. The lowest BCUT2D eigenvalue weighted by Crippen LogP contribution is -2.17. The second-order valence-electron chi connectivity index (χ2n) is 6.62. The monoisotopic (exact) mass is 394 g/mol. The number of fused-ring (bicyclic) bond motifs is 1. The first-order chi connectivity index (χ1) is 12.8. The van der Waals surface area contributed by atoms with Crippen molar-refractivity contribution < 1.29 is 23.6 Å². The lowest BCUT2D eigenvalue weighted by molar-refractivity contribution is -0.0259. The zero-order chi connectivity index (χ0) is 19.2. The summed E-state index contributed by atoms with van der Waals surface area (Å²) in [5.74, 6) is 2.97. The molecule has 0 bridgehead atoms. The maximum atomic E-state index is 10.9. The second kappa shape index (κ2) is 6.74. The Bertz CT molecular complexity index is 948. The molecule has 2 aliphatic rings. The molecule has 0 aromatic carbocycles. The molecule has 3 heterocycles. The van der Waals surface area contributed by atoms with E-state index in [-0.39, 0.29) is 18.5 Å². The van der Waals surface area contributed by atoms with Crippen LogP contribution in [0.5, 0.6) is 0 Å². The number of ether oxygens (including phenoxy) is 1. The number of nitrogens with one attached hydrogen (secondary N) is 1. The first-order valence-electron chi connectivity index (χ1n) is 8.42. The highest BCUT2D eigenvalue weighted by Crippen LogP contribution is 2.40. The summed E-state index contributed by atoms with van der Waals surface area (Å²) in [4.78, 5) is 30.6. The van der Waals surface area contributed by atoms with Crippen molar-refractivity contribution >= 4 is 30.8 Å². The average Bonchev–Trinajstić information content (AvgIpc) is 3.16. The third-order valence-corrected chi connectivity index (χ3v) is 4.95. The summed E-state index contributed by atoms with van der Waals surface area (Å²) in [6.45, 7) is -0.267. The van der Waals surface area contributed by atoms with Gasteiger partial charge in [-0.1, -0.05) is 5.92 Å². The van der Waals surface area contributed by atoms with Gasteiger partial charge in [-0.3, -0.25) is 9.09 Å². The minimum atomic E-state index is -4.58. The van der Waals surface area contributed by atoms with Crippen molar-refractivity contribution in [1.29, 1.82) is 0 Å². The molecule has 11 nitrogen and oxygen atoms in total. The molecule has 0 unspecified atom stereocenters. The summed E-state index contributed by atoms with van der Waals surface area (Å²) >= 11 is 0. The van der Waals surface area contributed by atoms with Crippen molar-refractivity contribution in [3.05, 3.63) is 6.33 Å². The van der Waals surface area contributed by atoms with Crippen LogP contribution in [0.25, 0.3) is 11.2 Å². The van der Waals surface area contributed by atoms with Gasteiger partial charge in [0.2, 0.25) is 5.95 Å². The average molecular weight is 394 g/mol. The Kier molecular flexibility index (Phi) is 4.53. The van der Waals surface area contributed by atoms with E-state index in [2.05, 4.69) is 30.7 Å². The topological polar surface area (TPSA) is 158 Å². The van der Waals surface area contributed by atoms with E-state index in [0.29, 0.717) is 29.4 Å². The Morgan fingerprint density at radius 3 is 2.93 bits per heavy atom. The van der Waals surface area contributed by atoms with Gasteiger partial charge < -0.3 is 25.6 Å². The second-order valence-corrected chi connectivity index (χ2v) is 7.86. The predicted molar refractivity (Wildman–Crippen MR) is 95.2 cm³/mol. The summed E-state index contributed by atoms with van der Waals surface area (Å²) in [6.07, 6.45) is 8.53. The molecule has 1 aliphatic carbocycles. The highest BCUT2D eigenvalue weighted by Gasteiger charge is 2.38. The number of aromatic nitrogens is 4. The largest absolute Gasteiger partial charge is 0.469 e. The quantitative estimate of drug-likeness (QED) is 0.404. The van der Waals surface area contributed by atoms with E-state index in [9.17, 15) is 4.57 Å². The molecule has 27 heavy (non-hydrogen) atoms. The fourth-order valence-corrected chi connectivity index (χ4v) is 3.45. The van der Waals surface area contributed by atoms with Gasteiger partial charge in [-0.05, 0) is 19.3 Å². The summed E-state index contributed by atoms with van der Waals surface area (Å²) in [7, 11) is -4.58. The number of nitrogens with zero attached hydrogens (tertiary/aromatic N) is 4. The van der Waals surface area contributed by atoms with Crippen molar-refractivity contribution in [2.24, 2.45) is 5.92 Å². The number of nitrogen functional groups attached to an aromatic ring is 1. The number of anilines is 2. The number of phosphoric acid groups is 1. The van der Waals surface area contributed by atoms with Crippen molar-refractivity contribution in [3.63, 3.8) is 0 Å². The van der Waals surface area contributed by atoms with Gasteiger partial charge in [-0.15, -0.1) is 6.42 Å². The minimum Gasteiger partial charge on any atom is -0.368 e. The van der Waals surface area contributed by atoms with Crippen LogP contribution in [0.3, 0.4) is 0 Å². The van der Waals surface area contributed by atoms with Crippen molar-refractivity contribution in [3.8, 4) is 12.3 Å². The molecule has 12 heteroatoms. The molecule has 2 fully saturated rings. The first kappa shape index (κ1) is 18.2. The van der Waals surface area contributed by atoms with Gasteiger partial charge in [0, 0.05) is 6.04 Å². The number of terminal acetylenes is 1. The normalized spacial score (nSPS) is 25.6. The molecule has 1 saturated heterocycles. The number of hydrogen-bond donors (Lipinski definition) is 4. The molecular weight excluding hydrogens is 375 g/mol. The van der Waals surface area contributed by atoms with Crippen LogP contribution in [0.1, 0.15) is 25.5 Å². The third-order valence-electron chi connectivity index (χ3n) is 4.47. The summed E-state index contributed by atoms with van der Waals surface area (Å²) in [5.41, 5.74) is 6.89. The van der Waals surface area contributed by atoms with Gasteiger partial charge >= 0.3 is 7.82 Å². The summed E-state index contributed by atoms with van der Waals surface area (Å²) in [5, 5.41) is 3.28. The van der Waals surface area contributed by atoms with E-state index in [4.69, 9.17) is 26.7 Å². The highest BCUT2D eigenvalue weighted by molar-refractivity contribution is 7.46. The van der Waals surface area contributed by atoms with Crippen LogP contribution in [0, 0.1) is 18.3 Å². The summed E-state index contributed by atoms with van der Waals surface area (Å²) in [6, 6.07) is 0.364. The van der Waals surface area contributed by atoms with Crippen LogP contribution >= 0.6 is 7.82 Å². The molecule has 1 saturated carbocycles. The van der Waals surface area contributed by atoms with E-state index in [1.165, 1.54) is 0 Å². The number of hydrogen-bond acceptors (Lipinski definition) is 8. The van der Waals surface area contributed by atoms with Crippen molar-refractivity contribution in [2.75, 3.05) is 17.7 Å². The highest BCUT2D eigenvalue weighted by atomic mass is 31.2. The van der Waals surface area contributed by atoms with Crippen LogP contribution in [0.15, 0.2) is 6.33 Å². The Hall–Kier alpha value is -2.22. The van der Waals surface area contributed by atoms with Crippen molar-refractivity contribution in [1.82, 2.24) is 19.5 Å². The fraction of sp³-hybridized carbons (Fsp3) is 0.533. The van der Waals surface area contributed by atoms with E-state index in [1.54, 1.807) is 10.9 Å². The standard InChI is InChI=1S/C15H19N6O5P/c1-2-8-5-10(6-25-27(22,23)24)26-14(8)21-7-17-11-12(18-9-3-4-9)19-15(16)20-13(11)21/h1,7-10,14H,3-6H2,(H2,22,23,24)(H3,16,18,19,20)/t8-,10-,14+/m0/s1. The van der Waals surface area contributed by atoms with Crippen LogP contribution in [0.2, 0.25) is 0 Å². The Morgan fingerprint density at radius 2 is 2.26 bits per heavy atom. The first-order valence-corrected chi connectivity index (χ1v) is 9.95. The Morgan fingerprint density at radius 1 is 1.48 bits per heavy atom. The summed E-state index contributed by atoms with van der Waals surface area (Å²) < 4.78 is 23.0. The zero-order valence-electron chi connectivity index (χ0n) is 14.2. The number of imidazole rings is 1. The SMILES string of the molecule is C#C[C@H]1C[C@@H](COP(=O)(O)O)O[C@H]1n1cnc2c(NC3CC3)nc(N)nc21. The van der Waals surface area contributed by atoms with E-state index in [1.807, 2.05) is 0 Å². The molecule has 0 amide bonds. The molecule has 0 spiro atoms. The van der Waals surface area contributed by atoms with E-state index < -0.39 is 20.2 Å². The van der Waals surface area contributed by atoms with Gasteiger partial charge in [0.1, 0.15) is 0 Å². The maximum absolute atomic E-state index is 10.9. The Balaban J connectivity index is 1.62. The molecule has 144 valence electrons. The molecule has 3 atom stereocenters.